The summed E-state index contributed by atoms with van der Waals surface area (Å²) in [7, 11) is 2.23. The Bertz CT molecular complexity index is 245. The normalized spacial score (nSPS) is 32.6. The molecule has 0 unspecified atom stereocenters. The first-order valence-corrected chi connectivity index (χ1v) is 7.07. The lowest BCUT2D eigenvalue weighted by atomic mass is 9.82. The SMILES string of the molecule is CN1CC(CN2CCC(C3(C)CC3)CC2)C1. The quantitative estimate of drug-likeness (QED) is 0.721. The van der Waals surface area contributed by atoms with Crippen LogP contribution in [0.2, 0.25) is 0 Å². The molecule has 0 aromatic heterocycles. The van der Waals surface area contributed by atoms with Crippen molar-refractivity contribution in [1.29, 1.82) is 0 Å². The van der Waals surface area contributed by atoms with Gasteiger partial charge in [0.05, 0.1) is 0 Å². The third kappa shape index (κ3) is 2.14. The van der Waals surface area contributed by atoms with Gasteiger partial charge in [0.1, 0.15) is 0 Å². The van der Waals surface area contributed by atoms with Gasteiger partial charge in [0.25, 0.3) is 0 Å². The molecule has 2 heterocycles. The molecule has 0 radical (unpaired) electrons. The molecule has 2 nitrogen and oxygen atoms in total. The first kappa shape index (κ1) is 11.0. The first-order chi connectivity index (χ1) is 7.66. The summed E-state index contributed by atoms with van der Waals surface area (Å²) in [5.41, 5.74) is 0.767. The smallest absolute Gasteiger partial charge is 0.00342 e. The highest BCUT2D eigenvalue weighted by molar-refractivity contribution is 4.96. The summed E-state index contributed by atoms with van der Waals surface area (Å²) in [5.74, 6) is 2.02. The van der Waals surface area contributed by atoms with Gasteiger partial charge >= 0.3 is 0 Å². The summed E-state index contributed by atoms with van der Waals surface area (Å²) < 4.78 is 0. The zero-order valence-electron chi connectivity index (χ0n) is 10.9. The molecule has 2 aliphatic heterocycles. The highest BCUT2D eigenvalue weighted by Crippen LogP contribution is 2.54. The Labute approximate surface area is 100.0 Å². The maximum absolute atomic E-state index is 2.72. The van der Waals surface area contributed by atoms with E-state index in [1.54, 1.807) is 0 Å². The Morgan fingerprint density at radius 3 is 2.25 bits per heavy atom. The van der Waals surface area contributed by atoms with Gasteiger partial charge in [-0.05, 0) is 63.1 Å². The lowest BCUT2D eigenvalue weighted by molar-refractivity contribution is 0.0653. The van der Waals surface area contributed by atoms with Crippen LogP contribution in [0.3, 0.4) is 0 Å². The van der Waals surface area contributed by atoms with Crippen LogP contribution in [0.5, 0.6) is 0 Å². The highest BCUT2D eigenvalue weighted by atomic mass is 15.2. The number of rotatable bonds is 3. The lowest BCUT2D eigenvalue weighted by Gasteiger charge is -2.42. The second kappa shape index (κ2) is 3.99. The fraction of sp³-hybridized carbons (Fsp3) is 1.00. The van der Waals surface area contributed by atoms with Crippen LogP contribution >= 0.6 is 0 Å². The first-order valence-electron chi connectivity index (χ1n) is 7.07. The molecule has 3 aliphatic rings. The molecule has 2 saturated heterocycles. The van der Waals surface area contributed by atoms with Crippen molar-refractivity contribution in [1.82, 2.24) is 9.80 Å². The molecule has 2 heteroatoms. The Morgan fingerprint density at radius 2 is 1.75 bits per heavy atom. The zero-order chi connectivity index (χ0) is 11.2. The van der Waals surface area contributed by atoms with E-state index in [2.05, 4.69) is 23.8 Å². The van der Waals surface area contributed by atoms with Crippen LogP contribution in [0.15, 0.2) is 0 Å². The van der Waals surface area contributed by atoms with Gasteiger partial charge in [-0.25, -0.2) is 0 Å². The second-order valence-electron chi connectivity index (χ2n) is 6.82. The highest BCUT2D eigenvalue weighted by Gasteiger charge is 2.45. The van der Waals surface area contributed by atoms with Gasteiger partial charge in [-0.1, -0.05) is 6.92 Å². The van der Waals surface area contributed by atoms with Gasteiger partial charge in [0.15, 0.2) is 0 Å². The molecule has 16 heavy (non-hydrogen) atoms. The van der Waals surface area contributed by atoms with Crippen molar-refractivity contribution >= 4 is 0 Å². The molecule has 92 valence electrons. The molecule has 3 rings (SSSR count). The van der Waals surface area contributed by atoms with E-state index in [4.69, 9.17) is 0 Å². The summed E-state index contributed by atoms with van der Waals surface area (Å²) in [6.07, 6.45) is 5.95. The molecule has 0 amide bonds. The molecule has 0 N–H and O–H groups in total. The van der Waals surface area contributed by atoms with Crippen molar-refractivity contribution in [2.24, 2.45) is 17.3 Å². The third-order valence-corrected chi connectivity index (χ3v) is 5.27. The van der Waals surface area contributed by atoms with E-state index >= 15 is 0 Å². The zero-order valence-corrected chi connectivity index (χ0v) is 10.9. The van der Waals surface area contributed by atoms with Crippen molar-refractivity contribution in [3.05, 3.63) is 0 Å². The standard InChI is InChI=1S/C14H26N2/c1-14(5-6-14)13-3-7-16(8-4-13)11-12-9-15(2)10-12/h12-13H,3-11H2,1-2H3. The Balaban J connectivity index is 1.41. The average Bonchev–Trinajstić information content (AvgIpc) is 2.97. The summed E-state index contributed by atoms with van der Waals surface area (Å²) in [6.45, 7) is 9.29. The largest absolute Gasteiger partial charge is 0.306 e. The number of hydrogen-bond donors (Lipinski definition) is 0. The minimum Gasteiger partial charge on any atom is -0.306 e. The summed E-state index contributed by atoms with van der Waals surface area (Å²) in [6, 6.07) is 0. The predicted molar refractivity (Wildman–Crippen MR) is 67.5 cm³/mol. The Morgan fingerprint density at radius 1 is 1.12 bits per heavy atom. The summed E-state index contributed by atoms with van der Waals surface area (Å²) in [5, 5.41) is 0. The van der Waals surface area contributed by atoms with E-state index in [1.807, 2.05) is 0 Å². The summed E-state index contributed by atoms with van der Waals surface area (Å²) >= 11 is 0. The Kier molecular flexibility index (Phi) is 2.75. The maximum atomic E-state index is 2.72. The number of nitrogens with zero attached hydrogens (tertiary/aromatic N) is 2. The number of likely N-dealkylation sites (tertiary alicyclic amines) is 2. The van der Waals surface area contributed by atoms with Crippen molar-refractivity contribution in [2.75, 3.05) is 39.8 Å². The van der Waals surface area contributed by atoms with Crippen LogP contribution in [0.25, 0.3) is 0 Å². The van der Waals surface area contributed by atoms with E-state index < -0.39 is 0 Å². The number of piperidine rings is 1. The van der Waals surface area contributed by atoms with Crippen molar-refractivity contribution in [2.45, 2.75) is 32.6 Å². The van der Waals surface area contributed by atoms with Crippen molar-refractivity contribution in [3.8, 4) is 0 Å². The molecule has 0 spiro atoms. The fourth-order valence-electron chi connectivity index (χ4n) is 3.73. The maximum Gasteiger partial charge on any atom is 0.00342 e. The molecular formula is C14H26N2. The molecule has 1 aliphatic carbocycles. The van der Waals surface area contributed by atoms with Gasteiger partial charge in [-0.2, -0.15) is 0 Å². The van der Waals surface area contributed by atoms with Gasteiger partial charge in [0, 0.05) is 19.6 Å². The molecule has 0 atom stereocenters. The van der Waals surface area contributed by atoms with E-state index in [0.717, 1.165) is 17.3 Å². The van der Waals surface area contributed by atoms with Crippen LogP contribution < -0.4 is 0 Å². The molecule has 1 saturated carbocycles. The topological polar surface area (TPSA) is 6.48 Å². The van der Waals surface area contributed by atoms with E-state index in [1.165, 1.54) is 58.4 Å². The van der Waals surface area contributed by atoms with Gasteiger partial charge in [-0.15, -0.1) is 0 Å². The van der Waals surface area contributed by atoms with Gasteiger partial charge in [0.2, 0.25) is 0 Å². The van der Waals surface area contributed by atoms with Gasteiger partial charge in [-0.3, -0.25) is 0 Å². The Hall–Kier alpha value is -0.0800. The molecule has 0 aromatic rings. The third-order valence-electron chi connectivity index (χ3n) is 5.27. The molecule has 3 fully saturated rings. The summed E-state index contributed by atoms with van der Waals surface area (Å²) in [4.78, 5) is 5.16. The van der Waals surface area contributed by atoms with Crippen LogP contribution in [0.4, 0.5) is 0 Å². The van der Waals surface area contributed by atoms with E-state index in [9.17, 15) is 0 Å². The van der Waals surface area contributed by atoms with Crippen LogP contribution in [0, 0.1) is 17.3 Å². The van der Waals surface area contributed by atoms with Crippen LogP contribution in [-0.2, 0) is 0 Å². The molecule has 0 aromatic carbocycles. The molecule has 0 bridgehead atoms. The minimum atomic E-state index is 0.767. The minimum absolute atomic E-state index is 0.767. The fourth-order valence-corrected chi connectivity index (χ4v) is 3.73. The van der Waals surface area contributed by atoms with Gasteiger partial charge < -0.3 is 9.80 Å². The lowest BCUT2D eigenvalue weighted by Crippen LogP contribution is -2.50. The predicted octanol–water partition coefficient (Wildman–Crippen LogP) is 2.06. The number of hydrogen-bond acceptors (Lipinski definition) is 2. The van der Waals surface area contributed by atoms with Crippen LogP contribution in [-0.4, -0.2) is 49.6 Å². The molecular weight excluding hydrogens is 196 g/mol. The average molecular weight is 222 g/mol. The van der Waals surface area contributed by atoms with E-state index in [-0.39, 0.29) is 0 Å². The second-order valence-corrected chi connectivity index (χ2v) is 6.82. The van der Waals surface area contributed by atoms with Crippen LogP contribution in [0.1, 0.15) is 32.6 Å². The van der Waals surface area contributed by atoms with Crippen molar-refractivity contribution < 1.29 is 0 Å². The monoisotopic (exact) mass is 222 g/mol. The van der Waals surface area contributed by atoms with Crippen molar-refractivity contribution in [3.63, 3.8) is 0 Å². The van der Waals surface area contributed by atoms with E-state index in [0.29, 0.717) is 0 Å².